The van der Waals surface area contributed by atoms with Gasteiger partial charge >= 0.3 is 0 Å². The average molecular weight is 171 g/mol. The molecule has 1 saturated heterocycles. The Morgan fingerprint density at radius 1 is 1.33 bits per heavy atom. The smallest absolute Gasteiger partial charge is 0.0594 e. The fourth-order valence-electron chi connectivity index (χ4n) is 1.89. The summed E-state index contributed by atoms with van der Waals surface area (Å²) < 4.78 is 0. The van der Waals surface area contributed by atoms with E-state index in [1.165, 1.54) is 0 Å². The molecule has 1 atom stereocenters. The second-order valence-corrected chi connectivity index (χ2v) is 4.91. The van der Waals surface area contributed by atoms with Gasteiger partial charge in [0.15, 0.2) is 0 Å². The Morgan fingerprint density at radius 2 is 1.83 bits per heavy atom. The molecule has 1 unspecified atom stereocenters. The van der Waals surface area contributed by atoms with Crippen molar-refractivity contribution in [3.8, 4) is 0 Å². The van der Waals surface area contributed by atoms with Gasteiger partial charge < -0.3 is 5.73 Å². The van der Waals surface area contributed by atoms with Crippen molar-refractivity contribution in [1.82, 2.24) is 5.06 Å². The van der Waals surface area contributed by atoms with Gasteiger partial charge in [0.1, 0.15) is 0 Å². The molecular formula is C9H19N2O. The van der Waals surface area contributed by atoms with Gasteiger partial charge in [0.05, 0.1) is 5.54 Å². The molecule has 0 aromatic heterocycles. The van der Waals surface area contributed by atoms with Crippen LogP contribution in [0.3, 0.4) is 0 Å². The lowest BCUT2D eigenvalue weighted by Gasteiger charge is -2.50. The van der Waals surface area contributed by atoms with E-state index < -0.39 is 5.54 Å². The number of hydrogen-bond donors (Lipinski definition) is 1. The van der Waals surface area contributed by atoms with Crippen molar-refractivity contribution < 1.29 is 5.21 Å². The highest BCUT2D eigenvalue weighted by Crippen LogP contribution is 2.35. The molecule has 0 aromatic rings. The topological polar surface area (TPSA) is 49.2 Å². The minimum absolute atomic E-state index is 0.00280. The van der Waals surface area contributed by atoms with Crippen LogP contribution in [0.15, 0.2) is 0 Å². The lowest BCUT2D eigenvalue weighted by molar-refractivity contribution is -0.290. The molecule has 3 heteroatoms. The van der Waals surface area contributed by atoms with Crippen LogP contribution >= 0.6 is 0 Å². The molecule has 1 heterocycles. The van der Waals surface area contributed by atoms with Crippen LogP contribution in [-0.4, -0.2) is 22.2 Å². The molecule has 1 fully saturated rings. The Labute approximate surface area is 74.5 Å². The normalized spacial score (nSPS) is 35.0. The standard InChI is InChI=1S/C9H19N2O/c1-8(2)6-5-7(10)9(3,4)11(8)12/h7H,5-6,10H2,1-4H3. The molecule has 1 rings (SSSR count). The van der Waals surface area contributed by atoms with Crippen molar-refractivity contribution in [1.29, 1.82) is 0 Å². The Balaban J connectivity index is 2.86. The van der Waals surface area contributed by atoms with E-state index in [2.05, 4.69) is 0 Å². The van der Waals surface area contributed by atoms with Crippen LogP contribution in [0.2, 0.25) is 0 Å². The lowest BCUT2D eigenvalue weighted by atomic mass is 9.79. The van der Waals surface area contributed by atoms with Crippen LogP contribution in [-0.2, 0) is 5.21 Å². The zero-order chi connectivity index (χ0) is 9.57. The Hall–Kier alpha value is -0.120. The van der Waals surface area contributed by atoms with Crippen LogP contribution in [0.4, 0.5) is 0 Å². The third-order valence-electron chi connectivity index (χ3n) is 3.05. The molecule has 0 aromatic carbocycles. The van der Waals surface area contributed by atoms with Crippen molar-refractivity contribution in [2.24, 2.45) is 5.73 Å². The molecule has 1 radical (unpaired) electrons. The summed E-state index contributed by atoms with van der Waals surface area (Å²) in [4.78, 5) is 0. The first-order valence-electron chi connectivity index (χ1n) is 4.51. The predicted octanol–water partition coefficient (Wildman–Crippen LogP) is 1.31. The van der Waals surface area contributed by atoms with E-state index in [0.29, 0.717) is 0 Å². The van der Waals surface area contributed by atoms with Gasteiger partial charge in [-0.2, -0.15) is 0 Å². The van der Waals surface area contributed by atoms with Crippen molar-refractivity contribution in [2.75, 3.05) is 0 Å². The van der Waals surface area contributed by atoms with Gasteiger partial charge in [-0.05, 0) is 40.5 Å². The summed E-state index contributed by atoms with van der Waals surface area (Å²) in [6, 6.07) is 0.00280. The molecule has 1 aliphatic rings. The van der Waals surface area contributed by atoms with Crippen molar-refractivity contribution in [3.63, 3.8) is 0 Å². The summed E-state index contributed by atoms with van der Waals surface area (Å²) in [7, 11) is 0. The summed E-state index contributed by atoms with van der Waals surface area (Å²) >= 11 is 0. The van der Waals surface area contributed by atoms with E-state index in [9.17, 15) is 5.21 Å². The molecular weight excluding hydrogens is 152 g/mol. The predicted molar refractivity (Wildman–Crippen MR) is 47.9 cm³/mol. The third-order valence-corrected chi connectivity index (χ3v) is 3.05. The maximum Gasteiger partial charge on any atom is 0.0594 e. The summed E-state index contributed by atoms with van der Waals surface area (Å²) in [5, 5.41) is 13.0. The molecule has 12 heavy (non-hydrogen) atoms. The first kappa shape index (κ1) is 9.96. The molecule has 2 N–H and O–H groups in total. The van der Waals surface area contributed by atoms with E-state index in [1.54, 1.807) is 0 Å². The Morgan fingerprint density at radius 3 is 2.25 bits per heavy atom. The number of piperidine rings is 1. The van der Waals surface area contributed by atoms with Gasteiger partial charge in [-0.1, -0.05) is 0 Å². The Bertz CT molecular complexity index is 177. The Kier molecular flexibility index (Phi) is 2.23. The summed E-state index contributed by atoms with van der Waals surface area (Å²) in [6.45, 7) is 7.80. The second kappa shape index (κ2) is 2.69. The first-order chi connectivity index (χ1) is 5.28. The molecule has 3 nitrogen and oxygen atoms in total. The minimum Gasteiger partial charge on any atom is -0.326 e. The summed E-state index contributed by atoms with van der Waals surface area (Å²) in [5.41, 5.74) is 5.22. The van der Waals surface area contributed by atoms with E-state index in [1.807, 2.05) is 27.7 Å². The van der Waals surface area contributed by atoms with Crippen molar-refractivity contribution in [3.05, 3.63) is 0 Å². The maximum atomic E-state index is 11.8. The van der Waals surface area contributed by atoms with Crippen molar-refractivity contribution >= 4 is 0 Å². The zero-order valence-corrected chi connectivity index (χ0v) is 8.42. The van der Waals surface area contributed by atoms with E-state index in [0.717, 1.165) is 17.9 Å². The largest absolute Gasteiger partial charge is 0.326 e. The van der Waals surface area contributed by atoms with Gasteiger partial charge in [0.2, 0.25) is 0 Å². The zero-order valence-electron chi connectivity index (χ0n) is 8.42. The van der Waals surface area contributed by atoms with Crippen LogP contribution in [0.1, 0.15) is 40.5 Å². The van der Waals surface area contributed by atoms with Gasteiger partial charge in [0, 0.05) is 11.6 Å². The molecule has 0 spiro atoms. The van der Waals surface area contributed by atoms with Gasteiger partial charge in [0.25, 0.3) is 0 Å². The van der Waals surface area contributed by atoms with Crippen LogP contribution < -0.4 is 5.73 Å². The molecule has 0 saturated carbocycles. The lowest BCUT2D eigenvalue weighted by Crippen LogP contribution is -2.64. The van der Waals surface area contributed by atoms with Gasteiger partial charge in [-0.25, -0.2) is 0 Å². The number of hydrogen-bond acceptors (Lipinski definition) is 2. The quantitative estimate of drug-likeness (QED) is 0.597. The second-order valence-electron chi connectivity index (χ2n) is 4.91. The number of nitrogens with two attached hydrogens (primary N) is 1. The van der Waals surface area contributed by atoms with E-state index in [4.69, 9.17) is 5.73 Å². The third kappa shape index (κ3) is 1.37. The summed E-state index contributed by atoms with van der Waals surface area (Å²) in [6.07, 6.45) is 1.83. The number of hydroxylamine groups is 2. The molecule has 71 valence electrons. The monoisotopic (exact) mass is 171 g/mol. The van der Waals surface area contributed by atoms with Crippen LogP contribution in [0.25, 0.3) is 0 Å². The van der Waals surface area contributed by atoms with E-state index in [-0.39, 0.29) is 11.6 Å². The molecule has 1 aliphatic heterocycles. The number of rotatable bonds is 0. The first-order valence-corrected chi connectivity index (χ1v) is 4.51. The van der Waals surface area contributed by atoms with E-state index >= 15 is 0 Å². The highest BCUT2D eigenvalue weighted by atomic mass is 16.5. The van der Waals surface area contributed by atoms with Crippen LogP contribution in [0.5, 0.6) is 0 Å². The summed E-state index contributed by atoms with van der Waals surface area (Å²) in [5.74, 6) is 0. The molecule has 0 aliphatic carbocycles. The number of nitrogens with zero attached hydrogens (tertiary/aromatic N) is 1. The average Bonchev–Trinajstić information content (AvgIpc) is 1.96. The minimum atomic E-state index is -0.415. The molecule has 0 bridgehead atoms. The molecule has 0 amide bonds. The van der Waals surface area contributed by atoms with Gasteiger partial charge in [-0.3, -0.25) is 0 Å². The highest BCUT2D eigenvalue weighted by molar-refractivity contribution is 4.99. The highest BCUT2D eigenvalue weighted by Gasteiger charge is 2.46. The maximum absolute atomic E-state index is 11.8. The SMILES string of the molecule is CC1(C)CCC(N)C(C)(C)N1[O]. The fraction of sp³-hybridized carbons (Fsp3) is 1.00. The van der Waals surface area contributed by atoms with Crippen LogP contribution in [0, 0.1) is 0 Å². The fourth-order valence-corrected chi connectivity index (χ4v) is 1.89. The van der Waals surface area contributed by atoms with Crippen molar-refractivity contribution in [2.45, 2.75) is 57.7 Å². The van der Waals surface area contributed by atoms with Gasteiger partial charge in [-0.15, -0.1) is 10.3 Å².